The Bertz CT molecular complexity index is 383. The van der Waals surface area contributed by atoms with Crippen molar-refractivity contribution < 1.29 is 13.9 Å². The number of nitrogens with one attached hydrogen (secondary N) is 2. The Morgan fingerprint density at radius 1 is 1.41 bits per heavy atom. The summed E-state index contributed by atoms with van der Waals surface area (Å²) in [5.74, 6) is -0.211. The van der Waals surface area contributed by atoms with Crippen LogP contribution in [-0.2, 0) is 4.79 Å². The molecule has 0 unspecified atom stereocenters. The number of hydrogen-bond donors (Lipinski definition) is 2. The third-order valence-electron chi connectivity index (χ3n) is 2.17. The number of benzene rings is 1. The van der Waals surface area contributed by atoms with Crippen LogP contribution < -0.4 is 15.4 Å². The summed E-state index contributed by atoms with van der Waals surface area (Å²) < 4.78 is 18.0. The maximum absolute atomic E-state index is 13.1. The number of rotatable bonds is 6. The molecule has 0 aliphatic heterocycles. The van der Waals surface area contributed by atoms with Crippen molar-refractivity contribution in [2.75, 3.05) is 25.5 Å². The second kappa shape index (κ2) is 6.85. The first-order valence-corrected chi connectivity index (χ1v) is 5.51. The van der Waals surface area contributed by atoms with Gasteiger partial charge in [-0.25, -0.2) is 4.39 Å². The first-order valence-electron chi connectivity index (χ1n) is 5.51. The predicted octanol–water partition coefficient (Wildman–Crippen LogP) is 1.77. The predicted molar refractivity (Wildman–Crippen MR) is 64.7 cm³/mol. The topological polar surface area (TPSA) is 50.4 Å². The molecule has 1 rings (SSSR count). The van der Waals surface area contributed by atoms with Crippen LogP contribution in [0, 0.1) is 5.82 Å². The van der Waals surface area contributed by atoms with Gasteiger partial charge in [-0.2, -0.15) is 0 Å². The number of carbonyl (C=O) groups excluding carboxylic acids is 1. The number of anilines is 1. The van der Waals surface area contributed by atoms with Crippen LogP contribution >= 0.6 is 0 Å². The standard InChI is InChI=1S/C12H17FN2O2/c1-3-14-5-4-12(16)15-10-6-9(13)7-11(8-10)17-2/h6-8,14H,3-5H2,1-2H3,(H,15,16). The van der Waals surface area contributed by atoms with Crippen LogP contribution in [0.15, 0.2) is 18.2 Å². The van der Waals surface area contributed by atoms with Crippen molar-refractivity contribution in [2.24, 2.45) is 0 Å². The van der Waals surface area contributed by atoms with Gasteiger partial charge in [-0.3, -0.25) is 4.79 Å². The summed E-state index contributed by atoms with van der Waals surface area (Å²) in [5, 5.41) is 5.66. The van der Waals surface area contributed by atoms with Gasteiger partial charge in [-0.1, -0.05) is 6.92 Å². The van der Waals surface area contributed by atoms with E-state index in [0.717, 1.165) is 6.54 Å². The number of carbonyl (C=O) groups is 1. The second-order valence-corrected chi connectivity index (χ2v) is 3.53. The van der Waals surface area contributed by atoms with Crippen LogP contribution in [0.3, 0.4) is 0 Å². The highest BCUT2D eigenvalue weighted by Gasteiger charge is 2.05. The monoisotopic (exact) mass is 240 g/mol. The van der Waals surface area contributed by atoms with E-state index in [4.69, 9.17) is 4.74 Å². The van der Waals surface area contributed by atoms with E-state index in [1.165, 1.54) is 19.2 Å². The summed E-state index contributed by atoms with van der Waals surface area (Å²) in [6, 6.07) is 4.09. The quantitative estimate of drug-likeness (QED) is 0.745. The van der Waals surface area contributed by atoms with Crippen molar-refractivity contribution in [1.82, 2.24) is 5.32 Å². The lowest BCUT2D eigenvalue weighted by Crippen LogP contribution is -2.21. The lowest BCUT2D eigenvalue weighted by Gasteiger charge is -2.07. The van der Waals surface area contributed by atoms with E-state index in [9.17, 15) is 9.18 Å². The molecule has 0 saturated carbocycles. The zero-order valence-corrected chi connectivity index (χ0v) is 10.0. The Labute approximate surface area is 100 Å². The van der Waals surface area contributed by atoms with Gasteiger partial charge in [0.25, 0.3) is 0 Å². The fourth-order valence-electron chi connectivity index (χ4n) is 1.35. The normalized spacial score (nSPS) is 10.1. The van der Waals surface area contributed by atoms with Gasteiger partial charge >= 0.3 is 0 Å². The van der Waals surface area contributed by atoms with Crippen molar-refractivity contribution >= 4 is 11.6 Å². The molecule has 1 aromatic carbocycles. The minimum atomic E-state index is -0.439. The van der Waals surface area contributed by atoms with Crippen LogP contribution in [0.2, 0.25) is 0 Å². The van der Waals surface area contributed by atoms with E-state index in [0.29, 0.717) is 24.4 Å². The second-order valence-electron chi connectivity index (χ2n) is 3.53. The third kappa shape index (κ3) is 4.82. The zero-order chi connectivity index (χ0) is 12.7. The molecule has 1 aromatic rings. The van der Waals surface area contributed by atoms with E-state index < -0.39 is 5.82 Å². The minimum Gasteiger partial charge on any atom is -0.497 e. The molecule has 0 heterocycles. The first-order chi connectivity index (χ1) is 8.15. The van der Waals surface area contributed by atoms with Gasteiger partial charge in [0, 0.05) is 30.8 Å². The molecular formula is C12H17FN2O2. The lowest BCUT2D eigenvalue weighted by molar-refractivity contribution is -0.116. The average Bonchev–Trinajstić information content (AvgIpc) is 2.28. The van der Waals surface area contributed by atoms with E-state index in [1.807, 2.05) is 6.92 Å². The molecule has 4 nitrogen and oxygen atoms in total. The van der Waals surface area contributed by atoms with Gasteiger partial charge in [0.1, 0.15) is 11.6 Å². The maximum Gasteiger partial charge on any atom is 0.225 e. The molecule has 0 spiro atoms. The maximum atomic E-state index is 13.1. The van der Waals surface area contributed by atoms with Crippen molar-refractivity contribution in [3.8, 4) is 5.75 Å². The van der Waals surface area contributed by atoms with E-state index >= 15 is 0 Å². The van der Waals surface area contributed by atoms with Crippen molar-refractivity contribution in [3.05, 3.63) is 24.0 Å². The Balaban J connectivity index is 2.55. The molecule has 17 heavy (non-hydrogen) atoms. The number of ether oxygens (including phenoxy) is 1. The zero-order valence-electron chi connectivity index (χ0n) is 10.0. The molecule has 0 atom stereocenters. The lowest BCUT2D eigenvalue weighted by atomic mass is 10.2. The summed E-state index contributed by atoms with van der Waals surface area (Å²) >= 11 is 0. The molecule has 2 N–H and O–H groups in total. The number of halogens is 1. The Morgan fingerprint density at radius 2 is 2.18 bits per heavy atom. The fourth-order valence-corrected chi connectivity index (χ4v) is 1.35. The summed E-state index contributed by atoms with van der Waals surface area (Å²) in [6.45, 7) is 3.39. The molecule has 1 amide bonds. The summed E-state index contributed by atoms with van der Waals surface area (Å²) in [5.41, 5.74) is 0.406. The molecule has 5 heteroatoms. The molecule has 0 aliphatic carbocycles. The fraction of sp³-hybridized carbons (Fsp3) is 0.417. The van der Waals surface area contributed by atoms with E-state index in [1.54, 1.807) is 6.07 Å². The van der Waals surface area contributed by atoms with Crippen LogP contribution in [-0.4, -0.2) is 26.1 Å². The molecular weight excluding hydrogens is 223 g/mol. The van der Waals surface area contributed by atoms with Gasteiger partial charge in [0.2, 0.25) is 5.91 Å². The molecule has 0 aromatic heterocycles. The highest BCUT2D eigenvalue weighted by Crippen LogP contribution is 2.19. The van der Waals surface area contributed by atoms with Crippen molar-refractivity contribution in [2.45, 2.75) is 13.3 Å². The van der Waals surface area contributed by atoms with Crippen LogP contribution in [0.5, 0.6) is 5.75 Å². The Morgan fingerprint density at radius 3 is 2.82 bits per heavy atom. The summed E-state index contributed by atoms with van der Waals surface area (Å²) in [4.78, 5) is 11.5. The van der Waals surface area contributed by atoms with Crippen LogP contribution in [0.4, 0.5) is 10.1 Å². The summed E-state index contributed by atoms with van der Waals surface area (Å²) in [6.07, 6.45) is 0.354. The number of amides is 1. The highest BCUT2D eigenvalue weighted by molar-refractivity contribution is 5.91. The first kappa shape index (κ1) is 13.4. The third-order valence-corrected chi connectivity index (χ3v) is 2.17. The van der Waals surface area contributed by atoms with Crippen molar-refractivity contribution in [1.29, 1.82) is 0 Å². The highest BCUT2D eigenvalue weighted by atomic mass is 19.1. The van der Waals surface area contributed by atoms with Gasteiger partial charge in [-0.05, 0) is 12.6 Å². The minimum absolute atomic E-state index is 0.154. The van der Waals surface area contributed by atoms with Crippen LogP contribution in [0.1, 0.15) is 13.3 Å². The van der Waals surface area contributed by atoms with Gasteiger partial charge < -0.3 is 15.4 Å². The van der Waals surface area contributed by atoms with Gasteiger partial charge in [-0.15, -0.1) is 0 Å². The van der Waals surface area contributed by atoms with Crippen molar-refractivity contribution in [3.63, 3.8) is 0 Å². The summed E-state index contributed by atoms with van der Waals surface area (Å²) in [7, 11) is 1.45. The SMILES string of the molecule is CCNCCC(=O)Nc1cc(F)cc(OC)c1. The Kier molecular flexibility index (Phi) is 5.42. The van der Waals surface area contributed by atoms with E-state index in [-0.39, 0.29) is 5.91 Å². The molecule has 0 aliphatic rings. The van der Waals surface area contributed by atoms with Gasteiger partial charge in [0.05, 0.1) is 7.11 Å². The largest absolute Gasteiger partial charge is 0.497 e. The molecule has 94 valence electrons. The average molecular weight is 240 g/mol. The molecule has 0 fully saturated rings. The molecule has 0 saturated heterocycles. The Hall–Kier alpha value is -1.62. The smallest absolute Gasteiger partial charge is 0.225 e. The number of hydrogen-bond acceptors (Lipinski definition) is 3. The van der Waals surface area contributed by atoms with Gasteiger partial charge in [0.15, 0.2) is 0 Å². The molecule has 0 bridgehead atoms. The number of methoxy groups -OCH3 is 1. The van der Waals surface area contributed by atoms with Crippen LogP contribution in [0.25, 0.3) is 0 Å². The molecule has 0 radical (unpaired) electrons. The van der Waals surface area contributed by atoms with E-state index in [2.05, 4.69) is 10.6 Å².